The van der Waals surface area contributed by atoms with Gasteiger partial charge in [0, 0.05) is 20.1 Å². The lowest BCUT2D eigenvalue weighted by molar-refractivity contribution is -0.00876. The summed E-state index contributed by atoms with van der Waals surface area (Å²) in [7, 11) is 1.59. The van der Waals surface area contributed by atoms with Crippen molar-refractivity contribution in [3.05, 3.63) is 0 Å². The van der Waals surface area contributed by atoms with Gasteiger partial charge in [0.25, 0.3) is 0 Å². The highest BCUT2D eigenvalue weighted by atomic mass is 16.5. The van der Waals surface area contributed by atoms with Gasteiger partial charge in [0.2, 0.25) is 0 Å². The highest BCUT2D eigenvalue weighted by molar-refractivity contribution is 4.95. The Morgan fingerprint density at radius 3 is 2.58 bits per heavy atom. The molecule has 3 heteroatoms. The lowest BCUT2D eigenvalue weighted by atomic mass is 9.86. The van der Waals surface area contributed by atoms with Crippen LogP contribution in [0, 0.1) is 17.2 Å². The van der Waals surface area contributed by atoms with Crippen LogP contribution in [0.15, 0.2) is 0 Å². The van der Waals surface area contributed by atoms with Gasteiger partial charge in [0.1, 0.15) is 0 Å². The normalized spacial score (nSPS) is 17.9. The number of ether oxygens (including phenoxy) is 1. The number of rotatable bonds is 5. The first-order valence-corrected chi connectivity index (χ1v) is 4.19. The maximum absolute atomic E-state index is 9.80. The zero-order valence-corrected chi connectivity index (χ0v) is 8.00. The van der Waals surface area contributed by atoms with E-state index in [0.717, 1.165) is 0 Å². The Kier molecular flexibility index (Phi) is 4.87. The van der Waals surface area contributed by atoms with Crippen LogP contribution in [-0.4, -0.2) is 24.4 Å². The second-order valence-electron chi connectivity index (χ2n) is 3.19. The summed E-state index contributed by atoms with van der Waals surface area (Å²) in [5.74, 6) is -0.298. The van der Waals surface area contributed by atoms with Gasteiger partial charge in [0.15, 0.2) is 0 Å². The first kappa shape index (κ1) is 11.4. The molecule has 70 valence electrons. The molecular weight excluding hydrogens is 154 g/mol. The third kappa shape index (κ3) is 3.21. The molecule has 0 saturated heterocycles. The third-order valence-electron chi connectivity index (χ3n) is 2.13. The summed E-state index contributed by atoms with van der Waals surface area (Å²) >= 11 is 0. The molecule has 0 saturated carbocycles. The lowest BCUT2D eigenvalue weighted by Gasteiger charge is -2.26. The molecule has 0 amide bonds. The van der Waals surface area contributed by atoms with Crippen LogP contribution in [0.3, 0.4) is 0 Å². The van der Waals surface area contributed by atoms with Crippen LogP contribution in [-0.2, 0) is 4.74 Å². The van der Waals surface area contributed by atoms with Gasteiger partial charge in [-0.2, -0.15) is 5.26 Å². The molecule has 0 heterocycles. The maximum Gasteiger partial charge on any atom is 0.0799 e. The van der Waals surface area contributed by atoms with Crippen molar-refractivity contribution in [1.82, 2.24) is 0 Å². The molecule has 0 aliphatic heterocycles. The van der Waals surface area contributed by atoms with Crippen LogP contribution in [0.5, 0.6) is 0 Å². The van der Waals surface area contributed by atoms with E-state index in [2.05, 4.69) is 6.07 Å². The Morgan fingerprint density at radius 1 is 1.67 bits per heavy atom. The Bertz CT molecular complexity index is 160. The summed E-state index contributed by atoms with van der Waals surface area (Å²) in [6.45, 7) is 4.07. The minimum absolute atomic E-state index is 0.298. The molecule has 3 nitrogen and oxygen atoms in total. The number of hydrogen-bond acceptors (Lipinski definition) is 3. The standard InChI is InChI=1S/C9H17NO2/c1-4-8(7-10)9(2,11)5-6-12-3/h8,11H,4-6H2,1-3H3. The number of methoxy groups -OCH3 is 1. The summed E-state index contributed by atoms with van der Waals surface area (Å²) in [6, 6.07) is 2.10. The van der Waals surface area contributed by atoms with Crippen molar-refractivity contribution >= 4 is 0 Å². The van der Waals surface area contributed by atoms with Crippen LogP contribution < -0.4 is 0 Å². The number of nitrogens with zero attached hydrogens (tertiary/aromatic N) is 1. The van der Waals surface area contributed by atoms with Crippen molar-refractivity contribution in [3.63, 3.8) is 0 Å². The first-order valence-electron chi connectivity index (χ1n) is 4.19. The Hall–Kier alpha value is -0.590. The van der Waals surface area contributed by atoms with Gasteiger partial charge < -0.3 is 9.84 Å². The molecule has 1 N–H and O–H groups in total. The van der Waals surface area contributed by atoms with Crippen LogP contribution in [0.1, 0.15) is 26.7 Å². The minimum atomic E-state index is -0.917. The fraction of sp³-hybridized carbons (Fsp3) is 0.889. The van der Waals surface area contributed by atoms with Gasteiger partial charge >= 0.3 is 0 Å². The fourth-order valence-electron chi connectivity index (χ4n) is 1.15. The highest BCUT2D eigenvalue weighted by Gasteiger charge is 2.29. The van der Waals surface area contributed by atoms with Gasteiger partial charge in [-0.15, -0.1) is 0 Å². The Balaban J connectivity index is 4.08. The van der Waals surface area contributed by atoms with Gasteiger partial charge in [-0.1, -0.05) is 6.92 Å². The zero-order valence-electron chi connectivity index (χ0n) is 8.00. The highest BCUT2D eigenvalue weighted by Crippen LogP contribution is 2.23. The molecular formula is C9H17NO2. The summed E-state index contributed by atoms with van der Waals surface area (Å²) < 4.78 is 4.85. The van der Waals surface area contributed by atoms with E-state index < -0.39 is 5.60 Å². The number of nitriles is 1. The molecule has 12 heavy (non-hydrogen) atoms. The molecule has 0 rings (SSSR count). The zero-order chi connectivity index (χ0) is 9.61. The molecule has 0 aromatic heterocycles. The topological polar surface area (TPSA) is 53.2 Å². The SMILES string of the molecule is CCC(C#N)C(C)(O)CCOC. The van der Waals surface area contributed by atoms with Crippen molar-refractivity contribution in [2.45, 2.75) is 32.3 Å². The number of aliphatic hydroxyl groups is 1. The van der Waals surface area contributed by atoms with Crippen molar-refractivity contribution in [2.24, 2.45) is 5.92 Å². The third-order valence-corrected chi connectivity index (χ3v) is 2.13. The van der Waals surface area contributed by atoms with E-state index in [1.807, 2.05) is 6.92 Å². The van der Waals surface area contributed by atoms with E-state index in [0.29, 0.717) is 19.4 Å². The summed E-state index contributed by atoms with van der Waals surface area (Å²) in [5, 5.41) is 18.5. The quantitative estimate of drug-likeness (QED) is 0.678. The molecule has 0 aliphatic carbocycles. The molecule has 2 atom stereocenters. The summed E-state index contributed by atoms with van der Waals surface area (Å²) in [5.41, 5.74) is -0.917. The van der Waals surface area contributed by atoms with Crippen LogP contribution in [0.4, 0.5) is 0 Å². The molecule has 0 aliphatic rings. The molecule has 0 bridgehead atoms. The fourth-order valence-corrected chi connectivity index (χ4v) is 1.15. The molecule has 0 spiro atoms. The largest absolute Gasteiger partial charge is 0.389 e. The Morgan fingerprint density at radius 2 is 2.25 bits per heavy atom. The van der Waals surface area contributed by atoms with Crippen LogP contribution in [0.25, 0.3) is 0 Å². The average Bonchev–Trinajstić information content (AvgIpc) is 2.03. The summed E-state index contributed by atoms with van der Waals surface area (Å²) in [6.07, 6.45) is 1.18. The minimum Gasteiger partial charge on any atom is -0.389 e. The average molecular weight is 171 g/mol. The van der Waals surface area contributed by atoms with Gasteiger partial charge in [-0.25, -0.2) is 0 Å². The molecule has 0 fully saturated rings. The van der Waals surface area contributed by atoms with Crippen molar-refractivity contribution in [2.75, 3.05) is 13.7 Å². The van der Waals surface area contributed by atoms with E-state index in [-0.39, 0.29) is 5.92 Å². The monoisotopic (exact) mass is 171 g/mol. The van der Waals surface area contributed by atoms with Gasteiger partial charge in [-0.05, 0) is 13.3 Å². The molecule has 0 radical (unpaired) electrons. The van der Waals surface area contributed by atoms with Crippen molar-refractivity contribution in [1.29, 1.82) is 5.26 Å². The van der Waals surface area contributed by atoms with E-state index in [1.165, 1.54) is 0 Å². The van der Waals surface area contributed by atoms with E-state index in [9.17, 15) is 5.11 Å². The second kappa shape index (κ2) is 5.13. The van der Waals surface area contributed by atoms with E-state index in [1.54, 1.807) is 14.0 Å². The van der Waals surface area contributed by atoms with Gasteiger partial charge in [-0.3, -0.25) is 0 Å². The molecule has 0 aromatic carbocycles. The van der Waals surface area contributed by atoms with Crippen LogP contribution >= 0.6 is 0 Å². The summed E-state index contributed by atoms with van der Waals surface area (Å²) in [4.78, 5) is 0. The van der Waals surface area contributed by atoms with Crippen molar-refractivity contribution < 1.29 is 9.84 Å². The van der Waals surface area contributed by atoms with Gasteiger partial charge in [0.05, 0.1) is 17.6 Å². The smallest absolute Gasteiger partial charge is 0.0799 e. The number of hydrogen-bond donors (Lipinski definition) is 1. The van der Waals surface area contributed by atoms with Crippen molar-refractivity contribution in [3.8, 4) is 6.07 Å². The maximum atomic E-state index is 9.80. The predicted molar refractivity (Wildman–Crippen MR) is 46.5 cm³/mol. The molecule has 2 unspecified atom stereocenters. The van der Waals surface area contributed by atoms with E-state index >= 15 is 0 Å². The first-order chi connectivity index (χ1) is 5.58. The second-order valence-corrected chi connectivity index (χ2v) is 3.19. The lowest BCUT2D eigenvalue weighted by Crippen LogP contribution is -2.34. The van der Waals surface area contributed by atoms with E-state index in [4.69, 9.17) is 10.00 Å². The predicted octanol–water partition coefficient (Wildman–Crippen LogP) is 1.32. The molecule has 0 aromatic rings. The van der Waals surface area contributed by atoms with Crippen LogP contribution in [0.2, 0.25) is 0 Å². The Labute approximate surface area is 74.0 Å².